The molecule has 2 heterocycles. The Morgan fingerprint density at radius 1 is 1.35 bits per heavy atom. The number of nitrogens with zero attached hydrogens (tertiary/aromatic N) is 3. The number of aliphatic hydroxyl groups is 1. The molecule has 0 spiro atoms. The minimum atomic E-state index is -3.64. The summed E-state index contributed by atoms with van der Waals surface area (Å²) in [7, 11) is -3.64. The molecule has 0 saturated carbocycles. The number of aliphatic hydroxyl groups excluding tert-OH is 1. The molecule has 1 aliphatic heterocycles. The van der Waals surface area contributed by atoms with Crippen molar-refractivity contribution in [2.75, 3.05) is 13.2 Å². The van der Waals surface area contributed by atoms with Crippen molar-refractivity contribution in [1.29, 1.82) is 0 Å². The van der Waals surface area contributed by atoms with Crippen molar-refractivity contribution in [1.82, 2.24) is 14.1 Å². The molecule has 23 heavy (non-hydrogen) atoms. The molecule has 1 aliphatic rings. The van der Waals surface area contributed by atoms with Gasteiger partial charge >= 0.3 is 0 Å². The van der Waals surface area contributed by atoms with Gasteiger partial charge in [0.2, 0.25) is 10.0 Å². The molecule has 0 unspecified atom stereocenters. The van der Waals surface area contributed by atoms with Gasteiger partial charge in [0.15, 0.2) is 0 Å². The summed E-state index contributed by atoms with van der Waals surface area (Å²) >= 11 is 0. The molecule has 132 valence electrons. The van der Waals surface area contributed by atoms with E-state index >= 15 is 0 Å². The van der Waals surface area contributed by atoms with Gasteiger partial charge in [-0.05, 0) is 38.5 Å². The molecule has 1 aromatic rings. The van der Waals surface area contributed by atoms with E-state index < -0.39 is 10.0 Å². The number of aryl methyl sites for hydroxylation is 1. The minimum Gasteiger partial charge on any atom is -0.395 e. The fourth-order valence-electron chi connectivity index (χ4n) is 3.48. The van der Waals surface area contributed by atoms with Crippen LogP contribution in [0.1, 0.15) is 45.0 Å². The zero-order valence-corrected chi connectivity index (χ0v) is 15.6. The molecule has 0 amide bonds. The number of piperidine rings is 1. The van der Waals surface area contributed by atoms with Gasteiger partial charge in [-0.3, -0.25) is 4.68 Å². The van der Waals surface area contributed by atoms with E-state index in [4.69, 9.17) is 0 Å². The van der Waals surface area contributed by atoms with Gasteiger partial charge in [-0.1, -0.05) is 20.8 Å². The zero-order valence-electron chi connectivity index (χ0n) is 14.8. The van der Waals surface area contributed by atoms with Crippen LogP contribution in [0.2, 0.25) is 0 Å². The average Bonchev–Trinajstić information content (AvgIpc) is 2.72. The highest BCUT2D eigenvalue weighted by molar-refractivity contribution is 7.89. The van der Waals surface area contributed by atoms with Gasteiger partial charge in [0.1, 0.15) is 4.90 Å². The van der Waals surface area contributed by atoms with E-state index in [0.717, 1.165) is 12.8 Å². The van der Waals surface area contributed by atoms with E-state index in [1.54, 1.807) is 11.6 Å². The summed E-state index contributed by atoms with van der Waals surface area (Å²) < 4.78 is 29.7. The first-order chi connectivity index (χ1) is 10.7. The Kier molecular flexibility index (Phi) is 5.53. The topological polar surface area (TPSA) is 75.4 Å². The van der Waals surface area contributed by atoms with E-state index in [9.17, 15) is 13.5 Å². The first-order valence-corrected chi connectivity index (χ1v) is 9.80. The Morgan fingerprint density at radius 3 is 2.57 bits per heavy atom. The maximum atomic E-state index is 13.2. The second-order valence-corrected chi connectivity index (χ2v) is 8.89. The highest BCUT2D eigenvalue weighted by Gasteiger charge is 2.39. The van der Waals surface area contributed by atoms with Crippen LogP contribution in [-0.2, 0) is 16.6 Å². The molecule has 2 rings (SSSR count). The smallest absolute Gasteiger partial charge is 0.247 e. The summed E-state index contributed by atoms with van der Waals surface area (Å²) in [4.78, 5) is 0.311. The highest BCUT2D eigenvalue weighted by Crippen LogP contribution is 2.31. The molecule has 6 nitrogen and oxygen atoms in total. The fraction of sp³-hybridized carbons (Fsp3) is 0.812. The lowest BCUT2D eigenvalue weighted by molar-refractivity contribution is 0.113. The maximum absolute atomic E-state index is 13.2. The number of hydrogen-bond acceptors (Lipinski definition) is 4. The predicted octanol–water partition coefficient (Wildman–Crippen LogP) is 1.94. The number of rotatable bonds is 5. The normalized spacial score (nSPS) is 23.6. The Hall–Kier alpha value is -0.920. The van der Waals surface area contributed by atoms with E-state index in [0.29, 0.717) is 35.3 Å². The zero-order chi connectivity index (χ0) is 17.4. The molecule has 0 bridgehead atoms. The Labute approximate surface area is 139 Å². The van der Waals surface area contributed by atoms with Gasteiger partial charge in [0.25, 0.3) is 0 Å². The summed E-state index contributed by atoms with van der Waals surface area (Å²) in [5.41, 5.74) is 1.23. The van der Waals surface area contributed by atoms with Crippen molar-refractivity contribution in [3.63, 3.8) is 0 Å². The SMILES string of the molecule is Cc1nn(CC(C)C)c(C)c1S(=O)(=O)N1CCC[C@H](C)[C@@H]1CO. The van der Waals surface area contributed by atoms with E-state index in [2.05, 4.69) is 18.9 Å². The van der Waals surface area contributed by atoms with Gasteiger partial charge in [-0.15, -0.1) is 0 Å². The van der Waals surface area contributed by atoms with Crippen LogP contribution in [0.3, 0.4) is 0 Å². The van der Waals surface area contributed by atoms with Crippen LogP contribution in [0, 0.1) is 25.7 Å². The van der Waals surface area contributed by atoms with E-state index in [-0.39, 0.29) is 18.6 Å². The summed E-state index contributed by atoms with van der Waals surface area (Å²) in [5.74, 6) is 0.554. The molecule has 0 aliphatic carbocycles. The quantitative estimate of drug-likeness (QED) is 0.886. The molecule has 1 saturated heterocycles. The van der Waals surface area contributed by atoms with Crippen molar-refractivity contribution in [3.8, 4) is 0 Å². The number of aromatic nitrogens is 2. The lowest BCUT2D eigenvalue weighted by atomic mass is 9.93. The molecule has 2 atom stereocenters. The Morgan fingerprint density at radius 2 is 2.00 bits per heavy atom. The second-order valence-electron chi connectivity index (χ2n) is 7.06. The molecule has 1 aromatic heterocycles. The molecule has 0 aromatic carbocycles. The number of sulfonamides is 1. The van der Waals surface area contributed by atoms with Crippen LogP contribution >= 0.6 is 0 Å². The van der Waals surface area contributed by atoms with Gasteiger partial charge < -0.3 is 5.11 Å². The largest absolute Gasteiger partial charge is 0.395 e. The molecule has 7 heteroatoms. The third kappa shape index (κ3) is 3.46. The van der Waals surface area contributed by atoms with Crippen LogP contribution in [0.25, 0.3) is 0 Å². The summed E-state index contributed by atoms with van der Waals surface area (Å²) in [6, 6.07) is -0.346. The van der Waals surface area contributed by atoms with Crippen molar-refractivity contribution in [2.45, 2.75) is 64.9 Å². The highest BCUT2D eigenvalue weighted by atomic mass is 32.2. The van der Waals surface area contributed by atoms with E-state index in [1.807, 2.05) is 13.8 Å². The van der Waals surface area contributed by atoms with Crippen molar-refractivity contribution >= 4 is 10.0 Å². The predicted molar refractivity (Wildman–Crippen MR) is 89.7 cm³/mol. The molecular formula is C16H29N3O3S. The molecule has 0 radical (unpaired) electrons. The third-order valence-electron chi connectivity index (χ3n) is 4.67. The summed E-state index contributed by atoms with van der Waals surface area (Å²) in [5, 5.41) is 14.1. The van der Waals surface area contributed by atoms with Crippen molar-refractivity contribution in [3.05, 3.63) is 11.4 Å². The van der Waals surface area contributed by atoms with Crippen LogP contribution in [-0.4, -0.2) is 46.8 Å². The maximum Gasteiger partial charge on any atom is 0.247 e. The Bertz CT molecular complexity index is 652. The third-order valence-corrected chi connectivity index (χ3v) is 6.85. The molecular weight excluding hydrogens is 314 g/mol. The summed E-state index contributed by atoms with van der Waals surface area (Å²) in [6.45, 7) is 10.8. The first kappa shape index (κ1) is 18.4. The van der Waals surface area contributed by atoms with Crippen LogP contribution in [0.15, 0.2) is 4.90 Å². The lowest BCUT2D eigenvalue weighted by Gasteiger charge is -2.37. The van der Waals surface area contributed by atoms with E-state index in [1.165, 1.54) is 4.31 Å². The first-order valence-electron chi connectivity index (χ1n) is 8.36. The van der Waals surface area contributed by atoms with Crippen molar-refractivity contribution in [2.24, 2.45) is 11.8 Å². The minimum absolute atomic E-state index is 0.140. The second kappa shape index (κ2) is 6.91. The Balaban J connectivity index is 2.45. The van der Waals surface area contributed by atoms with Gasteiger partial charge in [-0.2, -0.15) is 9.40 Å². The monoisotopic (exact) mass is 343 g/mol. The van der Waals surface area contributed by atoms with Gasteiger partial charge in [0, 0.05) is 13.1 Å². The van der Waals surface area contributed by atoms with Crippen LogP contribution in [0.5, 0.6) is 0 Å². The van der Waals surface area contributed by atoms with Crippen LogP contribution in [0.4, 0.5) is 0 Å². The molecule has 1 N–H and O–H groups in total. The van der Waals surface area contributed by atoms with Gasteiger partial charge in [-0.25, -0.2) is 8.42 Å². The average molecular weight is 343 g/mol. The fourth-order valence-corrected chi connectivity index (χ4v) is 5.60. The number of hydrogen-bond donors (Lipinski definition) is 1. The van der Waals surface area contributed by atoms with Crippen molar-refractivity contribution < 1.29 is 13.5 Å². The van der Waals surface area contributed by atoms with Crippen LogP contribution < -0.4 is 0 Å². The lowest BCUT2D eigenvalue weighted by Crippen LogP contribution is -2.49. The van der Waals surface area contributed by atoms with Gasteiger partial charge in [0.05, 0.1) is 24.0 Å². The standard InChI is InChI=1S/C16H29N3O3S/c1-11(2)9-18-14(5)16(13(4)17-18)23(21,22)19-8-6-7-12(3)15(19)10-20/h11-12,15,20H,6-10H2,1-5H3/t12-,15-/m0/s1. The molecule has 1 fully saturated rings. The summed E-state index contributed by atoms with van der Waals surface area (Å²) in [6.07, 6.45) is 1.77.